The molecule has 0 aliphatic carbocycles. The van der Waals surface area contributed by atoms with Gasteiger partial charge >= 0.3 is 6.03 Å². The van der Waals surface area contributed by atoms with E-state index in [0.29, 0.717) is 11.4 Å². The quantitative estimate of drug-likeness (QED) is 0.332. The summed E-state index contributed by atoms with van der Waals surface area (Å²) in [7, 11) is 3.41. The number of nitrogens with zero attached hydrogens (tertiary/aromatic N) is 2. The van der Waals surface area contributed by atoms with Gasteiger partial charge in [0.2, 0.25) is 0 Å². The van der Waals surface area contributed by atoms with Crippen LogP contribution in [0.2, 0.25) is 0 Å². The molecule has 0 fully saturated rings. The molecule has 7 heteroatoms. The van der Waals surface area contributed by atoms with E-state index in [4.69, 9.17) is 11.5 Å². The van der Waals surface area contributed by atoms with Crippen molar-refractivity contribution < 1.29 is 4.79 Å². The standard InChI is InChI=1S/C14H24N6O/c1-9(15)6-12(7-19-8-17-4)13(18-5)10(2)11(3)20-14(16)21/h6-8,18H,15H2,1-5H3,(H3,16,20,21)/b9-6+,11-10+,13-12-,17-8?,19-7?. The van der Waals surface area contributed by atoms with Crippen molar-refractivity contribution in [3.63, 3.8) is 0 Å². The SMILES string of the molecule is CN=CN=CC(/C=C(\C)N)=C(NC)/C(C)=C(\C)NC(N)=O. The first-order valence-corrected chi connectivity index (χ1v) is 6.37. The first kappa shape index (κ1) is 18.4. The Bertz CT molecular complexity index is 522. The summed E-state index contributed by atoms with van der Waals surface area (Å²) in [6.07, 6.45) is 4.84. The summed E-state index contributed by atoms with van der Waals surface area (Å²) in [6, 6.07) is -0.610. The Morgan fingerprint density at radius 3 is 2.24 bits per heavy atom. The lowest BCUT2D eigenvalue weighted by atomic mass is 10.1. The maximum absolute atomic E-state index is 10.9. The molecule has 6 N–H and O–H groups in total. The van der Waals surface area contributed by atoms with E-state index < -0.39 is 6.03 Å². The molecule has 0 aromatic rings. The molecule has 0 unspecified atom stereocenters. The monoisotopic (exact) mass is 292 g/mol. The molecule has 2 amide bonds. The second-order valence-corrected chi connectivity index (χ2v) is 4.36. The van der Waals surface area contributed by atoms with Crippen molar-refractivity contribution in [2.24, 2.45) is 21.5 Å². The number of likely N-dealkylation sites (N-methyl/N-ethyl adjacent to an activating group) is 1. The highest BCUT2D eigenvalue weighted by Gasteiger charge is 2.08. The number of amides is 2. The van der Waals surface area contributed by atoms with E-state index in [2.05, 4.69) is 20.6 Å². The average Bonchev–Trinajstić information content (AvgIpc) is 2.37. The molecular weight excluding hydrogens is 268 g/mol. The zero-order chi connectivity index (χ0) is 16.4. The van der Waals surface area contributed by atoms with Crippen LogP contribution >= 0.6 is 0 Å². The summed E-state index contributed by atoms with van der Waals surface area (Å²) in [5.41, 5.74) is 14.5. The van der Waals surface area contributed by atoms with E-state index >= 15 is 0 Å². The first-order valence-electron chi connectivity index (χ1n) is 6.37. The second-order valence-electron chi connectivity index (χ2n) is 4.36. The fourth-order valence-electron chi connectivity index (χ4n) is 1.61. The number of hydrogen-bond acceptors (Lipinski definition) is 4. The van der Waals surface area contributed by atoms with Gasteiger partial charge in [-0.15, -0.1) is 0 Å². The number of carbonyl (C=O) groups is 1. The molecule has 7 nitrogen and oxygen atoms in total. The second kappa shape index (κ2) is 9.35. The molecule has 0 saturated carbocycles. The third-order valence-electron chi connectivity index (χ3n) is 2.57. The lowest BCUT2D eigenvalue weighted by Gasteiger charge is -2.14. The Labute approximate surface area is 125 Å². The molecule has 0 bridgehead atoms. The van der Waals surface area contributed by atoms with E-state index in [0.717, 1.165) is 16.8 Å². The van der Waals surface area contributed by atoms with Crippen LogP contribution in [-0.4, -0.2) is 32.7 Å². The molecule has 0 rings (SSSR count). The molecule has 21 heavy (non-hydrogen) atoms. The molecule has 0 aromatic heterocycles. The van der Waals surface area contributed by atoms with Gasteiger partial charge in [0, 0.05) is 43.0 Å². The van der Waals surface area contributed by atoms with E-state index in [9.17, 15) is 4.79 Å². The van der Waals surface area contributed by atoms with Gasteiger partial charge in [-0.3, -0.25) is 4.99 Å². The molecule has 116 valence electrons. The predicted molar refractivity (Wildman–Crippen MR) is 88.0 cm³/mol. The van der Waals surface area contributed by atoms with Gasteiger partial charge in [-0.1, -0.05) is 0 Å². The topological polar surface area (TPSA) is 118 Å². The summed E-state index contributed by atoms with van der Waals surface area (Å²) >= 11 is 0. The van der Waals surface area contributed by atoms with Crippen molar-refractivity contribution in [1.82, 2.24) is 10.6 Å². The van der Waals surface area contributed by atoms with Crippen molar-refractivity contribution in [1.29, 1.82) is 0 Å². The van der Waals surface area contributed by atoms with Gasteiger partial charge in [-0.25, -0.2) is 9.79 Å². The average molecular weight is 292 g/mol. The van der Waals surface area contributed by atoms with E-state index in [1.54, 1.807) is 40.2 Å². The zero-order valence-corrected chi connectivity index (χ0v) is 13.2. The third-order valence-corrected chi connectivity index (χ3v) is 2.57. The van der Waals surface area contributed by atoms with Gasteiger partial charge in [-0.2, -0.15) is 0 Å². The normalized spacial score (nSPS) is 15.0. The third kappa shape index (κ3) is 6.95. The smallest absolute Gasteiger partial charge is 0.316 e. The van der Waals surface area contributed by atoms with Gasteiger partial charge in [0.25, 0.3) is 0 Å². The van der Waals surface area contributed by atoms with Gasteiger partial charge in [0.05, 0.1) is 0 Å². The van der Waals surface area contributed by atoms with Crippen LogP contribution in [0.3, 0.4) is 0 Å². The predicted octanol–water partition coefficient (Wildman–Crippen LogP) is 1.01. The number of primary amides is 1. The first-order chi connectivity index (χ1) is 9.83. The summed E-state index contributed by atoms with van der Waals surface area (Å²) in [5, 5.41) is 5.64. The van der Waals surface area contributed by atoms with Crippen LogP contribution in [0.4, 0.5) is 4.79 Å². The van der Waals surface area contributed by atoms with Crippen LogP contribution in [-0.2, 0) is 0 Å². The molecule has 0 spiro atoms. The Hall–Kier alpha value is -2.57. The number of nitrogens with one attached hydrogen (secondary N) is 2. The minimum absolute atomic E-state index is 0.610. The van der Waals surface area contributed by atoms with E-state index in [-0.39, 0.29) is 0 Å². The molecular formula is C14H24N6O. The molecule has 0 atom stereocenters. The van der Waals surface area contributed by atoms with Crippen molar-refractivity contribution in [2.75, 3.05) is 14.1 Å². The van der Waals surface area contributed by atoms with Crippen molar-refractivity contribution in [2.45, 2.75) is 20.8 Å². The number of urea groups is 1. The van der Waals surface area contributed by atoms with Crippen molar-refractivity contribution >= 4 is 18.6 Å². The maximum atomic E-state index is 10.9. The number of carbonyl (C=O) groups excluding carboxylic acids is 1. The molecule has 0 aliphatic rings. The van der Waals surface area contributed by atoms with Crippen LogP contribution in [0, 0.1) is 0 Å². The van der Waals surface area contributed by atoms with E-state index in [1.807, 2.05) is 6.92 Å². The number of nitrogens with two attached hydrogens (primary N) is 2. The fraction of sp³-hybridized carbons (Fsp3) is 0.357. The number of aliphatic imine (C=N–C) groups is 2. The van der Waals surface area contributed by atoms with Crippen molar-refractivity contribution in [3.05, 3.63) is 34.3 Å². The van der Waals surface area contributed by atoms with Crippen LogP contribution < -0.4 is 22.1 Å². The summed E-state index contributed by atoms with van der Waals surface area (Å²) in [5.74, 6) is 0. The lowest BCUT2D eigenvalue weighted by Crippen LogP contribution is -2.29. The molecule has 0 aliphatic heterocycles. The highest BCUT2D eigenvalue weighted by atomic mass is 16.2. The minimum atomic E-state index is -0.610. The fourth-order valence-corrected chi connectivity index (χ4v) is 1.61. The minimum Gasteiger partial charge on any atom is -0.402 e. The summed E-state index contributed by atoms with van der Waals surface area (Å²) in [6.45, 7) is 5.40. The maximum Gasteiger partial charge on any atom is 0.316 e. The van der Waals surface area contributed by atoms with Crippen LogP contribution in [0.1, 0.15) is 20.8 Å². The molecule has 0 heterocycles. The Morgan fingerprint density at radius 1 is 1.19 bits per heavy atom. The highest BCUT2D eigenvalue weighted by molar-refractivity contribution is 5.89. The number of allylic oxidation sites excluding steroid dienone is 5. The van der Waals surface area contributed by atoms with Gasteiger partial charge in [0.1, 0.15) is 6.34 Å². The van der Waals surface area contributed by atoms with Crippen LogP contribution in [0.15, 0.2) is 44.3 Å². The lowest BCUT2D eigenvalue weighted by molar-refractivity contribution is 0.251. The van der Waals surface area contributed by atoms with Gasteiger partial charge in [-0.05, 0) is 32.4 Å². The largest absolute Gasteiger partial charge is 0.402 e. The van der Waals surface area contributed by atoms with Crippen molar-refractivity contribution in [3.8, 4) is 0 Å². The Balaban J connectivity index is 5.93. The summed E-state index contributed by atoms with van der Waals surface area (Å²) in [4.78, 5) is 18.8. The Morgan fingerprint density at radius 2 is 1.81 bits per heavy atom. The van der Waals surface area contributed by atoms with Gasteiger partial charge in [0.15, 0.2) is 0 Å². The number of hydrogen-bond donors (Lipinski definition) is 4. The van der Waals surface area contributed by atoms with Crippen LogP contribution in [0.25, 0.3) is 0 Å². The highest BCUT2D eigenvalue weighted by Crippen LogP contribution is 2.15. The molecule has 0 saturated heterocycles. The number of rotatable bonds is 6. The molecule has 0 aromatic carbocycles. The van der Waals surface area contributed by atoms with E-state index in [1.165, 1.54) is 6.34 Å². The summed E-state index contributed by atoms with van der Waals surface area (Å²) < 4.78 is 0. The van der Waals surface area contributed by atoms with Gasteiger partial charge < -0.3 is 22.1 Å². The zero-order valence-electron chi connectivity index (χ0n) is 13.2. The molecule has 0 radical (unpaired) electrons. The van der Waals surface area contributed by atoms with Crippen LogP contribution in [0.5, 0.6) is 0 Å². The Kier molecular flexibility index (Phi) is 8.21.